The fourth-order valence-corrected chi connectivity index (χ4v) is 7.77. The summed E-state index contributed by atoms with van der Waals surface area (Å²) < 4.78 is 24.8. The fourth-order valence-electron chi connectivity index (χ4n) is 4.48. The summed E-state index contributed by atoms with van der Waals surface area (Å²) in [5.41, 5.74) is 1.80. The third kappa shape index (κ3) is 7.88. The van der Waals surface area contributed by atoms with Gasteiger partial charge in [0, 0.05) is 38.9 Å². The Morgan fingerprint density at radius 2 is 1.49 bits per heavy atom. The third-order valence-electron chi connectivity index (χ3n) is 6.61. The van der Waals surface area contributed by atoms with E-state index in [-0.39, 0.29) is 19.0 Å². The molecule has 4 rings (SSSR count). The molecule has 3 aromatic carbocycles. The Morgan fingerprint density at radius 1 is 0.930 bits per heavy atom. The van der Waals surface area contributed by atoms with Gasteiger partial charge in [-0.2, -0.15) is 5.10 Å². The summed E-state index contributed by atoms with van der Waals surface area (Å²) in [5.74, 6) is -0.731. The molecular formula is C30H31BrCl2N5O4P. The van der Waals surface area contributed by atoms with Crippen LogP contribution < -0.4 is 15.7 Å². The van der Waals surface area contributed by atoms with Crippen LogP contribution in [0.4, 0.5) is 11.5 Å². The Hall–Kier alpha value is -3.14. The number of halogens is 3. The quantitative estimate of drug-likeness (QED) is 0.115. The molecule has 13 heteroatoms. The van der Waals surface area contributed by atoms with E-state index in [4.69, 9.17) is 27.9 Å². The van der Waals surface area contributed by atoms with Gasteiger partial charge in [0.05, 0.1) is 17.8 Å². The predicted octanol–water partition coefficient (Wildman–Crippen LogP) is 7.64. The topological polar surface area (TPSA) is 106 Å². The van der Waals surface area contributed by atoms with Crippen molar-refractivity contribution in [2.45, 2.75) is 27.3 Å². The zero-order valence-corrected chi connectivity index (χ0v) is 27.8. The van der Waals surface area contributed by atoms with E-state index in [1.165, 1.54) is 4.68 Å². The second-order valence-electron chi connectivity index (χ2n) is 9.44. The maximum Gasteiger partial charge on any atom is 0.338 e. The van der Waals surface area contributed by atoms with Crippen LogP contribution in [-0.2, 0) is 15.8 Å². The first-order valence-electron chi connectivity index (χ1n) is 13.5. The average molecular weight is 707 g/mol. The predicted molar refractivity (Wildman–Crippen MR) is 176 cm³/mol. The molecule has 43 heavy (non-hydrogen) atoms. The summed E-state index contributed by atoms with van der Waals surface area (Å²) in [6, 6.07) is 20.1. The van der Waals surface area contributed by atoms with E-state index in [1.54, 1.807) is 55.5 Å². The number of esters is 1. The van der Waals surface area contributed by atoms with Crippen LogP contribution in [0, 0.1) is 6.92 Å². The number of aromatic nitrogens is 2. The smallest absolute Gasteiger partial charge is 0.338 e. The van der Waals surface area contributed by atoms with E-state index in [2.05, 4.69) is 31.4 Å². The number of carbonyl (C=O) groups excluding carboxylic acids is 2. The largest absolute Gasteiger partial charge is 0.460 e. The molecule has 2 N–H and O–H groups in total. The molecule has 0 aliphatic heterocycles. The Morgan fingerprint density at radius 3 is 2.05 bits per heavy atom. The van der Waals surface area contributed by atoms with Crippen molar-refractivity contribution < 1.29 is 18.9 Å². The summed E-state index contributed by atoms with van der Waals surface area (Å²) >= 11 is 15.4. The van der Waals surface area contributed by atoms with Gasteiger partial charge in [0.25, 0.3) is 13.4 Å². The molecule has 0 bridgehead atoms. The van der Waals surface area contributed by atoms with Crippen LogP contribution in [0.25, 0.3) is 0 Å². The first-order valence-corrected chi connectivity index (χ1v) is 16.7. The van der Waals surface area contributed by atoms with Crippen molar-refractivity contribution in [1.82, 2.24) is 14.5 Å². The molecule has 9 nitrogen and oxygen atoms in total. The number of amides is 1. The van der Waals surface area contributed by atoms with Crippen molar-refractivity contribution in [3.63, 3.8) is 0 Å². The molecule has 0 aliphatic carbocycles. The van der Waals surface area contributed by atoms with Crippen molar-refractivity contribution in [3.05, 3.63) is 104 Å². The molecule has 1 atom stereocenters. The highest BCUT2D eigenvalue weighted by molar-refractivity contribution is 9.10. The van der Waals surface area contributed by atoms with Crippen LogP contribution in [0.3, 0.4) is 0 Å². The van der Waals surface area contributed by atoms with Gasteiger partial charge in [0.2, 0.25) is 0 Å². The minimum absolute atomic E-state index is 0.0540. The van der Waals surface area contributed by atoms with Gasteiger partial charge < -0.3 is 15.1 Å². The highest BCUT2D eigenvalue weighted by Crippen LogP contribution is 2.51. The van der Waals surface area contributed by atoms with Gasteiger partial charge in [0.1, 0.15) is 17.7 Å². The molecule has 1 aromatic heterocycles. The van der Waals surface area contributed by atoms with Crippen LogP contribution in [0.5, 0.6) is 0 Å². The minimum atomic E-state index is -3.60. The highest BCUT2D eigenvalue weighted by atomic mass is 79.9. The van der Waals surface area contributed by atoms with Crippen LogP contribution >= 0.6 is 46.6 Å². The standard InChI is InChI=1S/C30H31BrCl2N5O4P/c1-4-37(5-2)43(41,36-26-16-10-23(31)11-17-26)27-20(3)35-38(18-19-42-30(40)22-8-14-25(33)15-9-22)28(27)34-29(39)21-6-12-24(32)13-7-21/h6-17H,4-5,18-19H2,1-3H3,(H,34,39)(H,36,41). The molecule has 0 fully saturated rings. The summed E-state index contributed by atoms with van der Waals surface area (Å²) in [7, 11) is -3.60. The molecule has 1 unspecified atom stereocenters. The second-order valence-corrected chi connectivity index (χ2v) is 13.6. The molecular weight excluding hydrogens is 676 g/mol. The number of anilines is 2. The first-order chi connectivity index (χ1) is 20.5. The lowest BCUT2D eigenvalue weighted by Gasteiger charge is -2.31. The summed E-state index contributed by atoms with van der Waals surface area (Å²) in [4.78, 5) is 26.1. The fraction of sp³-hybridized carbons (Fsp3) is 0.233. The number of nitrogens with zero attached hydrogens (tertiary/aromatic N) is 3. The van der Waals surface area contributed by atoms with E-state index in [0.717, 1.165) is 4.47 Å². The Labute approximate surface area is 269 Å². The van der Waals surface area contributed by atoms with E-state index in [0.29, 0.717) is 50.9 Å². The summed E-state index contributed by atoms with van der Waals surface area (Å²) in [6.45, 7) is 6.54. The number of nitrogens with one attached hydrogen (secondary N) is 2. The number of carbonyl (C=O) groups is 2. The Bertz CT molecular complexity index is 1630. The number of aryl methyl sites for hydroxylation is 1. The van der Waals surface area contributed by atoms with Crippen LogP contribution in [-0.4, -0.2) is 46.0 Å². The van der Waals surface area contributed by atoms with Gasteiger partial charge in [-0.3, -0.25) is 9.36 Å². The van der Waals surface area contributed by atoms with Crippen molar-refractivity contribution in [3.8, 4) is 0 Å². The normalized spacial score (nSPS) is 12.5. The molecule has 0 saturated carbocycles. The lowest BCUT2D eigenvalue weighted by Crippen LogP contribution is -2.33. The molecule has 0 spiro atoms. The van der Waals surface area contributed by atoms with E-state index >= 15 is 4.57 Å². The number of hydrogen-bond donors (Lipinski definition) is 2. The number of hydrogen-bond acceptors (Lipinski definition) is 5. The molecule has 0 radical (unpaired) electrons. The van der Waals surface area contributed by atoms with Gasteiger partial charge in [0.15, 0.2) is 0 Å². The number of ether oxygens (including phenoxy) is 1. The SMILES string of the molecule is CCN(CC)P(=O)(Nc1ccc(Br)cc1)c1c(C)nn(CCOC(=O)c2ccc(Cl)cc2)c1NC(=O)c1ccc(Cl)cc1. The van der Waals surface area contributed by atoms with Crippen molar-refractivity contribution in [1.29, 1.82) is 0 Å². The zero-order chi connectivity index (χ0) is 31.1. The van der Waals surface area contributed by atoms with Gasteiger partial charge in [-0.15, -0.1) is 0 Å². The van der Waals surface area contributed by atoms with Crippen LogP contribution in [0.15, 0.2) is 77.3 Å². The van der Waals surface area contributed by atoms with Crippen LogP contribution in [0.2, 0.25) is 10.0 Å². The maximum atomic E-state index is 15.1. The van der Waals surface area contributed by atoms with Crippen molar-refractivity contribution >= 4 is 75.3 Å². The molecule has 0 saturated heterocycles. The lowest BCUT2D eigenvalue weighted by molar-refractivity contribution is 0.0488. The van der Waals surface area contributed by atoms with Crippen molar-refractivity contribution in [2.24, 2.45) is 0 Å². The zero-order valence-electron chi connectivity index (χ0n) is 23.8. The molecule has 4 aromatic rings. The van der Waals surface area contributed by atoms with Gasteiger partial charge in [-0.05, 0) is 79.7 Å². The van der Waals surface area contributed by atoms with Gasteiger partial charge in [-0.1, -0.05) is 53.0 Å². The maximum absolute atomic E-state index is 15.1. The first kappa shape index (κ1) is 32.8. The van der Waals surface area contributed by atoms with E-state index < -0.39 is 19.3 Å². The van der Waals surface area contributed by atoms with Gasteiger partial charge in [-0.25, -0.2) is 14.1 Å². The van der Waals surface area contributed by atoms with Crippen molar-refractivity contribution in [2.75, 3.05) is 30.1 Å². The number of rotatable bonds is 12. The van der Waals surface area contributed by atoms with Crippen LogP contribution in [0.1, 0.15) is 40.3 Å². The molecule has 226 valence electrons. The molecule has 1 amide bonds. The van der Waals surface area contributed by atoms with E-state index in [9.17, 15) is 9.59 Å². The Kier molecular flexibility index (Phi) is 11.1. The second kappa shape index (κ2) is 14.6. The minimum Gasteiger partial charge on any atom is -0.460 e. The Balaban J connectivity index is 1.73. The monoisotopic (exact) mass is 705 g/mol. The highest BCUT2D eigenvalue weighted by Gasteiger charge is 2.38. The number of benzene rings is 3. The van der Waals surface area contributed by atoms with Gasteiger partial charge >= 0.3 is 5.97 Å². The average Bonchev–Trinajstić information content (AvgIpc) is 3.30. The van der Waals surface area contributed by atoms with E-state index in [1.807, 2.05) is 42.8 Å². The lowest BCUT2D eigenvalue weighted by atomic mass is 10.2. The molecule has 1 heterocycles. The summed E-state index contributed by atoms with van der Waals surface area (Å²) in [5, 5.41) is 12.2. The summed E-state index contributed by atoms with van der Waals surface area (Å²) in [6.07, 6.45) is 0. The molecule has 0 aliphatic rings. The third-order valence-corrected chi connectivity index (χ3v) is 10.7.